The zero-order chi connectivity index (χ0) is 17.6. The van der Waals surface area contributed by atoms with Crippen LogP contribution in [0.2, 0.25) is 0 Å². The van der Waals surface area contributed by atoms with Gasteiger partial charge in [0.2, 0.25) is 5.91 Å². The van der Waals surface area contributed by atoms with Gasteiger partial charge < -0.3 is 14.8 Å². The number of amides is 3. The van der Waals surface area contributed by atoms with Crippen molar-refractivity contribution in [2.45, 2.75) is 19.9 Å². The molecule has 1 aromatic carbocycles. The van der Waals surface area contributed by atoms with Crippen molar-refractivity contribution in [1.29, 1.82) is 0 Å². The van der Waals surface area contributed by atoms with Crippen molar-refractivity contribution in [3.05, 3.63) is 54.1 Å². The quantitative estimate of drug-likeness (QED) is 0.861. The summed E-state index contributed by atoms with van der Waals surface area (Å²) in [4.78, 5) is 31.4. The van der Waals surface area contributed by atoms with Gasteiger partial charge in [0.25, 0.3) is 0 Å². The summed E-state index contributed by atoms with van der Waals surface area (Å²) in [6.07, 6.45) is 4.37. The molecule has 1 aromatic heterocycles. The van der Waals surface area contributed by atoms with Crippen LogP contribution in [-0.2, 0) is 17.8 Å². The fourth-order valence-corrected chi connectivity index (χ4v) is 2.90. The number of benzene rings is 1. The Balaban J connectivity index is 1.49. The predicted molar refractivity (Wildman–Crippen MR) is 93.8 cm³/mol. The van der Waals surface area contributed by atoms with Gasteiger partial charge in [-0.1, -0.05) is 30.3 Å². The first-order chi connectivity index (χ1) is 12.2. The van der Waals surface area contributed by atoms with Gasteiger partial charge in [-0.15, -0.1) is 0 Å². The maximum atomic E-state index is 12.2. The Bertz CT molecular complexity index is 728. The van der Waals surface area contributed by atoms with Crippen LogP contribution in [-0.4, -0.2) is 57.6 Å². The summed E-state index contributed by atoms with van der Waals surface area (Å²) >= 11 is 0. The number of hydrogen-bond donors (Lipinski definition) is 1. The summed E-state index contributed by atoms with van der Waals surface area (Å²) in [6.45, 7) is 4.30. The molecule has 3 rings (SSSR count). The second kappa shape index (κ2) is 7.83. The third-order valence-corrected chi connectivity index (χ3v) is 4.31. The van der Waals surface area contributed by atoms with Crippen LogP contribution in [0, 0.1) is 0 Å². The van der Waals surface area contributed by atoms with Crippen molar-refractivity contribution < 1.29 is 9.59 Å². The Morgan fingerprint density at radius 2 is 2.08 bits per heavy atom. The average molecular weight is 341 g/mol. The van der Waals surface area contributed by atoms with Gasteiger partial charge in [0, 0.05) is 38.4 Å². The van der Waals surface area contributed by atoms with Crippen LogP contribution < -0.4 is 5.32 Å². The van der Waals surface area contributed by atoms with E-state index in [2.05, 4.69) is 27.0 Å². The topological polar surface area (TPSA) is 70.5 Å². The standard InChI is InChI=1S/C18H23N5O2/c1-2-21-14-23(13-17(21)24)18(25)20-9-8-16-19-10-11-22(16)12-15-6-4-3-5-7-15/h3-7,10-11H,2,8-9,12-14H2,1H3,(H,20,25). The van der Waals surface area contributed by atoms with E-state index in [4.69, 9.17) is 0 Å². The van der Waals surface area contributed by atoms with E-state index in [1.165, 1.54) is 10.5 Å². The van der Waals surface area contributed by atoms with Crippen LogP contribution in [0.5, 0.6) is 0 Å². The van der Waals surface area contributed by atoms with Gasteiger partial charge in [-0.3, -0.25) is 9.69 Å². The summed E-state index contributed by atoms with van der Waals surface area (Å²) in [5, 5.41) is 2.87. The van der Waals surface area contributed by atoms with E-state index in [1.54, 1.807) is 11.1 Å². The van der Waals surface area contributed by atoms with E-state index in [0.29, 0.717) is 26.2 Å². The highest BCUT2D eigenvalue weighted by Crippen LogP contribution is 2.07. The lowest BCUT2D eigenvalue weighted by Gasteiger charge is -2.17. The van der Waals surface area contributed by atoms with Crippen molar-refractivity contribution in [3.8, 4) is 0 Å². The molecule has 0 atom stereocenters. The second-order valence-corrected chi connectivity index (χ2v) is 6.03. The van der Waals surface area contributed by atoms with E-state index in [1.807, 2.05) is 31.3 Å². The molecule has 132 valence electrons. The van der Waals surface area contributed by atoms with Gasteiger partial charge in [-0.05, 0) is 12.5 Å². The van der Waals surface area contributed by atoms with Gasteiger partial charge in [0.1, 0.15) is 12.4 Å². The number of rotatable bonds is 6. The van der Waals surface area contributed by atoms with Crippen molar-refractivity contribution >= 4 is 11.9 Å². The molecule has 0 unspecified atom stereocenters. The molecule has 7 nitrogen and oxygen atoms in total. The van der Waals surface area contributed by atoms with Crippen molar-refractivity contribution in [2.24, 2.45) is 0 Å². The molecule has 2 heterocycles. The predicted octanol–water partition coefficient (Wildman–Crippen LogP) is 1.31. The SMILES string of the molecule is CCN1CN(C(=O)NCCc2nccn2Cc2ccccc2)CC1=O. The third-order valence-electron chi connectivity index (χ3n) is 4.31. The maximum Gasteiger partial charge on any atom is 0.319 e. The second-order valence-electron chi connectivity index (χ2n) is 6.03. The van der Waals surface area contributed by atoms with Gasteiger partial charge in [-0.25, -0.2) is 9.78 Å². The van der Waals surface area contributed by atoms with Crippen molar-refractivity contribution in [3.63, 3.8) is 0 Å². The lowest BCUT2D eigenvalue weighted by Crippen LogP contribution is -2.40. The Labute approximate surface area is 147 Å². The molecule has 0 spiro atoms. The lowest BCUT2D eigenvalue weighted by molar-refractivity contribution is -0.126. The average Bonchev–Trinajstić information content (AvgIpc) is 3.22. The Kier molecular flexibility index (Phi) is 5.33. The zero-order valence-corrected chi connectivity index (χ0v) is 14.4. The molecule has 1 aliphatic rings. The molecule has 1 N–H and O–H groups in total. The third kappa shape index (κ3) is 4.17. The summed E-state index contributed by atoms with van der Waals surface area (Å²) in [5.74, 6) is 0.924. The smallest absolute Gasteiger partial charge is 0.319 e. The minimum atomic E-state index is -0.203. The maximum absolute atomic E-state index is 12.2. The number of hydrogen-bond acceptors (Lipinski definition) is 3. The number of nitrogens with zero attached hydrogens (tertiary/aromatic N) is 4. The number of likely N-dealkylation sites (N-methyl/N-ethyl adjacent to an activating group) is 1. The Morgan fingerprint density at radius 1 is 1.28 bits per heavy atom. The molecule has 7 heteroatoms. The molecular formula is C18H23N5O2. The summed E-state index contributed by atoms with van der Waals surface area (Å²) in [6, 6.07) is 9.98. The summed E-state index contributed by atoms with van der Waals surface area (Å²) in [5.41, 5.74) is 1.21. The highest BCUT2D eigenvalue weighted by atomic mass is 16.2. The number of imidazole rings is 1. The number of carbonyl (C=O) groups excluding carboxylic acids is 2. The summed E-state index contributed by atoms with van der Waals surface area (Å²) in [7, 11) is 0. The fraction of sp³-hybridized carbons (Fsp3) is 0.389. The zero-order valence-electron chi connectivity index (χ0n) is 14.4. The largest absolute Gasteiger partial charge is 0.337 e. The van der Waals surface area contributed by atoms with E-state index in [9.17, 15) is 9.59 Å². The number of aromatic nitrogens is 2. The first-order valence-corrected chi connectivity index (χ1v) is 8.52. The van der Waals surface area contributed by atoms with Crippen LogP contribution in [0.25, 0.3) is 0 Å². The fourth-order valence-electron chi connectivity index (χ4n) is 2.90. The van der Waals surface area contributed by atoms with Crippen LogP contribution >= 0.6 is 0 Å². The Hall–Kier alpha value is -2.83. The molecule has 25 heavy (non-hydrogen) atoms. The first kappa shape index (κ1) is 17.0. The minimum absolute atomic E-state index is 0.00365. The van der Waals surface area contributed by atoms with Crippen LogP contribution in [0.4, 0.5) is 4.79 Å². The molecule has 0 aliphatic carbocycles. The first-order valence-electron chi connectivity index (χ1n) is 8.52. The van der Waals surface area contributed by atoms with E-state index in [-0.39, 0.29) is 18.5 Å². The minimum Gasteiger partial charge on any atom is -0.337 e. The highest BCUT2D eigenvalue weighted by Gasteiger charge is 2.29. The van der Waals surface area contributed by atoms with Gasteiger partial charge >= 0.3 is 6.03 Å². The molecule has 1 aliphatic heterocycles. The van der Waals surface area contributed by atoms with Gasteiger partial charge in [-0.2, -0.15) is 0 Å². The van der Waals surface area contributed by atoms with Crippen LogP contribution in [0.1, 0.15) is 18.3 Å². The molecule has 2 aromatic rings. The summed E-state index contributed by atoms with van der Waals surface area (Å²) < 4.78 is 2.08. The molecule has 0 bridgehead atoms. The van der Waals surface area contributed by atoms with E-state index >= 15 is 0 Å². The monoisotopic (exact) mass is 341 g/mol. The normalized spacial score (nSPS) is 14.2. The molecular weight excluding hydrogens is 318 g/mol. The van der Waals surface area contributed by atoms with Crippen molar-refractivity contribution in [1.82, 2.24) is 24.7 Å². The number of urea groups is 1. The van der Waals surface area contributed by atoms with Crippen molar-refractivity contribution in [2.75, 3.05) is 26.3 Å². The molecule has 1 fully saturated rings. The Morgan fingerprint density at radius 3 is 2.80 bits per heavy atom. The molecule has 1 saturated heterocycles. The van der Waals surface area contributed by atoms with E-state index in [0.717, 1.165) is 12.4 Å². The molecule has 0 saturated carbocycles. The highest BCUT2D eigenvalue weighted by molar-refractivity contribution is 5.87. The molecule has 3 amide bonds. The van der Waals surface area contributed by atoms with Crippen LogP contribution in [0.15, 0.2) is 42.7 Å². The van der Waals surface area contributed by atoms with Gasteiger partial charge in [0.05, 0.1) is 6.67 Å². The number of nitrogens with one attached hydrogen (secondary N) is 1. The van der Waals surface area contributed by atoms with Crippen LogP contribution in [0.3, 0.4) is 0 Å². The molecule has 0 radical (unpaired) electrons. The van der Waals surface area contributed by atoms with Gasteiger partial charge in [0.15, 0.2) is 0 Å². The lowest BCUT2D eigenvalue weighted by atomic mass is 10.2. The van der Waals surface area contributed by atoms with E-state index < -0.39 is 0 Å². The number of carbonyl (C=O) groups is 2.